The summed E-state index contributed by atoms with van der Waals surface area (Å²) in [5.74, 6) is -0.223. The van der Waals surface area contributed by atoms with Crippen molar-refractivity contribution in [2.24, 2.45) is 0 Å². The van der Waals surface area contributed by atoms with E-state index >= 15 is 0 Å². The van der Waals surface area contributed by atoms with Gasteiger partial charge in [0.1, 0.15) is 0 Å². The number of halogens is 2. The topological polar surface area (TPSA) is 63.3 Å². The number of anilines is 1. The van der Waals surface area contributed by atoms with Crippen molar-refractivity contribution in [2.45, 2.75) is 6.61 Å². The Labute approximate surface area is 148 Å². The van der Waals surface area contributed by atoms with Gasteiger partial charge in [-0.2, -0.15) is 8.78 Å². The maximum atomic E-state index is 12.3. The fourth-order valence-electron chi connectivity index (χ4n) is 2.52. The quantitative estimate of drug-likeness (QED) is 0.641. The lowest BCUT2D eigenvalue weighted by Crippen LogP contribution is -2.07. The fourth-order valence-corrected chi connectivity index (χ4v) is 2.52. The number of carbonyl (C=O) groups excluding carboxylic acids is 1. The molecule has 0 fully saturated rings. The lowest BCUT2D eigenvalue weighted by Gasteiger charge is -2.10. The monoisotopic (exact) mass is 358 g/mol. The minimum absolute atomic E-state index is 0.0664. The number of fused-ring (bicyclic) bond motifs is 1. The van der Waals surface area contributed by atoms with Crippen molar-refractivity contribution in [1.29, 1.82) is 0 Å². The van der Waals surface area contributed by atoms with E-state index in [0.29, 0.717) is 11.3 Å². The highest BCUT2D eigenvalue weighted by molar-refractivity contribution is 6.07. The first kappa shape index (κ1) is 17.5. The average Bonchev–Trinajstić information content (AvgIpc) is 3.10. The number of aromatic nitrogens is 1. The molecule has 7 heteroatoms. The molecule has 0 saturated heterocycles. The summed E-state index contributed by atoms with van der Waals surface area (Å²) in [5, 5.41) is 3.71. The van der Waals surface area contributed by atoms with E-state index in [-0.39, 0.29) is 17.4 Å². The summed E-state index contributed by atoms with van der Waals surface area (Å²) in [5.41, 5.74) is 2.22. The first-order valence-corrected chi connectivity index (χ1v) is 7.75. The van der Waals surface area contributed by atoms with Gasteiger partial charge in [-0.05, 0) is 42.0 Å². The third-order valence-electron chi connectivity index (χ3n) is 3.68. The van der Waals surface area contributed by atoms with Crippen molar-refractivity contribution in [1.82, 2.24) is 4.98 Å². The number of alkyl halides is 2. The van der Waals surface area contributed by atoms with Gasteiger partial charge >= 0.3 is 6.61 Å². The molecule has 0 radical (unpaired) electrons. The number of hydrogen-bond donors (Lipinski definition) is 2. The smallest absolute Gasteiger partial charge is 0.387 e. The molecule has 1 aromatic heterocycles. The molecule has 5 nitrogen and oxygen atoms in total. The van der Waals surface area contributed by atoms with Crippen molar-refractivity contribution in [3.05, 3.63) is 60.3 Å². The molecule has 3 aromatic rings. The van der Waals surface area contributed by atoms with Gasteiger partial charge < -0.3 is 19.8 Å². The van der Waals surface area contributed by atoms with Crippen LogP contribution in [-0.4, -0.2) is 24.6 Å². The number of methoxy groups -OCH3 is 1. The lowest BCUT2D eigenvalue weighted by molar-refractivity contribution is -0.111. The van der Waals surface area contributed by atoms with Crippen LogP contribution in [-0.2, 0) is 4.79 Å². The Bertz CT molecular complexity index is 951. The predicted molar refractivity (Wildman–Crippen MR) is 95.6 cm³/mol. The second kappa shape index (κ2) is 7.69. The summed E-state index contributed by atoms with van der Waals surface area (Å²) in [6, 6.07) is 11.9. The molecule has 2 aromatic carbocycles. The van der Waals surface area contributed by atoms with Gasteiger partial charge in [0.2, 0.25) is 5.91 Å². The Kier molecular flexibility index (Phi) is 5.17. The number of aromatic amines is 1. The van der Waals surface area contributed by atoms with Crippen LogP contribution in [0.5, 0.6) is 11.5 Å². The van der Waals surface area contributed by atoms with Gasteiger partial charge in [0.05, 0.1) is 12.8 Å². The molecule has 0 atom stereocenters. The first-order valence-electron chi connectivity index (χ1n) is 7.75. The van der Waals surface area contributed by atoms with Crippen LogP contribution in [0.15, 0.2) is 54.7 Å². The van der Waals surface area contributed by atoms with E-state index < -0.39 is 6.61 Å². The molecule has 0 aliphatic heterocycles. The van der Waals surface area contributed by atoms with Crippen molar-refractivity contribution < 1.29 is 23.0 Å². The zero-order chi connectivity index (χ0) is 18.5. The van der Waals surface area contributed by atoms with Gasteiger partial charge in [-0.15, -0.1) is 0 Å². The summed E-state index contributed by atoms with van der Waals surface area (Å²) < 4.78 is 34.1. The van der Waals surface area contributed by atoms with Crippen LogP contribution in [0.25, 0.3) is 17.0 Å². The Balaban J connectivity index is 1.73. The van der Waals surface area contributed by atoms with Gasteiger partial charge in [-0.25, -0.2) is 0 Å². The second-order valence-corrected chi connectivity index (χ2v) is 5.36. The SMILES string of the molecule is COc1cc(/C=C/C(=O)Nc2cccc3[nH]ccc23)ccc1OC(F)F. The minimum atomic E-state index is -2.94. The van der Waals surface area contributed by atoms with Crippen LogP contribution in [0.1, 0.15) is 5.56 Å². The molecular weight excluding hydrogens is 342 g/mol. The van der Waals surface area contributed by atoms with Crippen molar-refractivity contribution in [3.63, 3.8) is 0 Å². The van der Waals surface area contributed by atoms with E-state index in [1.54, 1.807) is 24.4 Å². The third-order valence-corrected chi connectivity index (χ3v) is 3.68. The van der Waals surface area contributed by atoms with Crippen LogP contribution in [0, 0.1) is 0 Å². The Hall–Kier alpha value is -3.35. The number of hydrogen-bond acceptors (Lipinski definition) is 3. The van der Waals surface area contributed by atoms with Crippen LogP contribution in [0.2, 0.25) is 0 Å². The zero-order valence-corrected chi connectivity index (χ0v) is 13.8. The summed E-state index contributed by atoms with van der Waals surface area (Å²) in [6.45, 7) is -2.94. The summed E-state index contributed by atoms with van der Waals surface area (Å²) in [6.07, 6.45) is 4.71. The Morgan fingerprint density at radius 3 is 2.81 bits per heavy atom. The van der Waals surface area contributed by atoms with Gasteiger partial charge in [0, 0.05) is 23.2 Å². The van der Waals surface area contributed by atoms with Crippen LogP contribution >= 0.6 is 0 Å². The third kappa shape index (κ3) is 4.00. The highest BCUT2D eigenvalue weighted by Crippen LogP contribution is 2.30. The molecule has 0 saturated carbocycles. The van der Waals surface area contributed by atoms with Crippen LogP contribution in [0.3, 0.4) is 0 Å². The molecular formula is C19H16F2N2O3. The van der Waals surface area contributed by atoms with Gasteiger partial charge in [0.25, 0.3) is 0 Å². The van der Waals surface area contributed by atoms with E-state index in [1.165, 1.54) is 25.3 Å². The van der Waals surface area contributed by atoms with E-state index in [1.807, 2.05) is 18.2 Å². The average molecular weight is 358 g/mol. The number of amides is 1. The molecule has 26 heavy (non-hydrogen) atoms. The number of H-pyrrole nitrogens is 1. The molecule has 0 spiro atoms. The molecule has 1 heterocycles. The van der Waals surface area contributed by atoms with Crippen LogP contribution < -0.4 is 14.8 Å². The molecule has 0 aliphatic carbocycles. The van der Waals surface area contributed by atoms with E-state index in [9.17, 15) is 13.6 Å². The zero-order valence-electron chi connectivity index (χ0n) is 13.8. The summed E-state index contributed by atoms with van der Waals surface area (Å²) in [4.78, 5) is 15.2. The molecule has 2 N–H and O–H groups in total. The highest BCUT2D eigenvalue weighted by atomic mass is 19.3. The number of benzene rings is 2. The number of ether oxygens (including phenoxy) is 2. The van der Waals surface area contributed by atoms with E-state index in [2.05, 4.69) is 15.0 Å². The number of nitrogens with one attached hydrogen (secondary N) is 2. The molecule has 0 aliphatic rings. The first-order chi connectivity index (χ1) is 12.6. The van der Waals surface area contributed by atoms with Gasteiger partial charge in [-0.3, -0.25) is 4.79 Å². The molecule has 134 valence electrons. The maximum absolute atomic E-state index is 12.3. The number of carbonyl (C=O) groups is 1. The van der Waals surface area contributed by atoms with Gasteiger partial charge in [-0.1, -0.05) is 12.1 Å². The summed E-state index contributed by atoms with van der Waals surface area (Å²) in [7, 11) is 1.35. The normalized spacial score (nSPS) is 11.2. The summed E-state index contributed by atoms with van der Waals surface area (Å²) >= 11 is 0. The standard InChI is InChI=1S/C19H16F2N2O3/c1-25-17-11-12(5-7-16(17)26-19(20)21)6-8-18(24)23-15-4-2-3-14-13(15)9-10-22-14/h2-11,19,22H,1H3,(H,23,24)/b8-6+. The van der Waals surface area contributed by atoms with Crippen molar-refractivity contribution >= 4 is 28.6 Å². The minimum Gasteiger partial charge on any atom is -0.493 e. The maximum Gasteiger partial charge on any atom is 0.387 e. The van der Waals surface area contributed by atoms with E-state index in [4.69, 9.17) is 4.74 Å². The Morgan fingerprint density at radius 1 is 1.19 bits per heavy atom. The highest BCUT2D eigenvalue weighted by Gasteiger charge is 2.10. The Morgan fingerprint density at radius 2 is 2.04 bits per heavy atom. The number of rotatable bonds is 6. The second-order valence-electron chi connectivity index (χ2n) is 5.36. The predicted octanol–water partition coefficient (Wildman–Crippen LogP) is 4.43. The van der Waals surface area contributed by atoms with Gasteiger partial charge in [0.15, 0.2) is 11.5 Å². The largest absolute Gasteiger partial charge is 0.493 e. The van der Waals surface area contributed by atoms with Crippen molar-refractivity contribution in [3.8, 4) is 11.5 Å². The molecule has 1 amide bonds. The lowest BCUT2D eigenvalue weighted by atomic mass is 10.2. The van der Waals surface area contributed by atoms with E-state index in [0.717, 1.165) is 10.9 Å². The molecule has 0 bridgehead atoms. The van der Waals surface area contributed by atoms with Crippen LogP contribution in [0.4, 0.5) is 14.5 Å². The van der Waals surface area contributed by atoms with Crippen molar-refractivity contribution in [2.75, 3.05) is 12.4 Å². The molecule has 3 rings (SSSR count). The molecule has 0 unspecified atom stereocenters. The fraction of sp³-hybridized carbons (Fsp3) is 0.105.